The van der Waals surface area contributed by atoms with Gasteiger partial charge in [0.15, 0.2) is 0 Å². The molecule has 0 aromatic heterocycles. The second-order valence-corrected chi connectivity index (χ2v) is 9.01. The summed E-state index contributed by atoms with van der Waals surface area (Å²) in [5.74, 6) is -1.38. The van der Waals surface area contributed by atoms with E-state index in [0.717, 1.165) is 22.3 Å². The number of carbonyl (C=O) groups excluding carboxylic acids is 4. The molecular weight excluding hydrogens is 490 g/mol. The van der Waals surface area contributed by atoms with Gasteiger partial charge in [-0.05, 0) is 35.1 Å². The fraction of sp³-hybridized carbons (Fsp3) is 0.357. The third-order valence-electron chi connectivity index (χ3n) is 6.71. The van der Waals surface area contributed by atoms with Gasteiger partial charge in [0, 0.05) is 12.5 Å². The molecule has 2 aromatic carbocycles. The monoisotopic (exact) mass is 521 g/mol. The quantitative estimate of drug-likeness (QED) is 0.295. The van der Waals surface area contributed by atoms with Crippen LogP contribution in [0.2, 0.25) is 0 Å². The van der Waals surface area contributed by atoms with Crippen molar-refractivity contribution in [3.05, 3.63) is 72.3 Å². The van der Waals surface area contributed by atoms with Gasteiger partial charge in [0.25, 0.3) is 0 Å². The fourth-order valence-electron chi connectivity index (χ4n) is 4.91. The molecule has 0 radical (unpaired) electrons. The van der Waals surface area contributed by atoms with Crippen molar-refractivity contribution in [2.45, 2.75) is 30.8 Å². The number of nitrogens with one attached hydrogen (secondary N) is 2. The molecule has 1 fully saturated rings. The SMILES string of the molecule is C=CCOC(=O)NC[C@H](NC(=O)[C@@H]1CCCN1C(=O)OCC1c2ccccc2-c2ccccc21)C(=O)OC. The molecule has 200 valence electrons. The lowest BCUT2D eigenvalue weighted by Gasteiger charge is -2.26. The molecule has 0 unspecified atom stereocenters. The molecule has 0 spiro atoms. The molecule has 1 aliphatic heterocycles. The van der Waals surface area contributed by atoms with Crippen LogP contribution in [0.5, 0.6) is 0 Å². The van der Waals surface area contributed by atoms with Gasteiger partial charge in [-0.25, -0.2) is 14.4 Å². The summed E-state index contributed by atoms with van der Waals surface area (Å²) < 4.78 is 15.3. The number of fused-ring (bicyclic) bond motifs is 3. The molecule has 0 bridgehead atoms. The maximum atomic E-state index is 13.1. The highest BCUT2D eigenvalue weighted by Gasteiger charge is 2.38. The first-order valence-electron chi connectivity index (χ1n) is 12.5. The third-order valence-corrected chi connectivity index (χ3v) is 6.71. The summed E-state index contributed by atoms with van der Waals surface area (Å²) in [6.07, 6.45) is 1.06. The predicted octanol–water partition coefficient (Wildman–Crippen LogP) is 2.97. The highest BCUT2D eigenvalue weighted by Crippen LogP contribution is 2.44. The Hall–Kier alpha value is -4.34. The van der Waals surface area contributed by atoms with E-state index in [2.05, 4.69) is 29.3 Å². The molecular formula is C28H31N3O7. The molecule has 38 heavy (non-hydrogen) atoms. The van der Waals surface area contributed by atoms with E-state index in [1.807, 2.05) is 36.4 Å². The smallest absolute Gasteiger partial charge is 0.410 e. The minimum Gasteiger partial charge on any atom is -0.467 e. The molecule has 2 aromatic rings. The van der Waals surface area contributed by atoms with Crippen molar-refractivity contribution < 1.29 is 33.4 Å². The number of methoxy groups -OCH3 is 1. The zero-order valence-corrected chi connectivity index (χ0v) is 21.2. The Morgan fingerprint density at radius 1 is 1.05 bits per heavy atom. The van der Waals surface area contributed by atoms with Crippen LogP contribution in [-0.2, 0) is 23.8 Å². The topological polar surface area (TPSA) is 123 Å². The second kappa shape index (κ2) is 12.3. The molecule has 2 N–H and O–H groups in total. The standard InChI is InChI=1S/C28H31N3O7/c1-3-15-37-27(34)29-16-23(26(33)36-2)30-25(32)24-13-8-14-31(24)28(35)38-17-22-20-11-6-4-9-18(20)19-10-5-7-12-21(19)22/h3-7,9-12,22-24H,1,8,13-17H2,2H3,(H,29,34)(H,30,32)/t23-,24-/m0/s1. The summed E-state index contributed by atoms with van der Waals surface area (Å²) in [5, 5.41) is 4.98. The number of hydrogen-bond acceptors (Lipinski definition) is 7. The van der Waals surface area contributed by atoms with Crippen LogP contribution in [0.3, 0.4) is 0 Å². The normalized spacial score (nSPS) is 16.6. The van der Waals surface area contributed by atoms with Gasteiger partial charge in [0.2, 0.25) is 5.91 Å². The van der Waals surface area contributed by atoms with Gasteiger partial charge in [0.1, 0.15) is 25.3 Å². The van der Waals surface area contributed by atoms with Crippen LogP contribution >= 0.6 is 0 Å². The van der Waals surface area contributed by atoms with E-state index in [1.165, 1.54) is 18.1 Å². The van der Waals surface area contributed by atoms with E-state index < -0.39 is 36.1 Å². The predicted molar refractivity (Wildman–Crippen MR) is 138 cm³/mol. The van der Waals surface area contributed by atoms with Crippen LogP contribution in [-0.4, -0.2) is 74.5 Å². The van der Waals surface area contributed by atoms with Crippen LogP contribution in [0, 0.1) is 0 Å². The third kappa shape index (κ3) is 5.80. The van der Waals surface area contributed by atoms with Crippen molar-refractivity contribution in [1.29, 1.82) is 0 Å². The number of nitrogens with zero attached hydrogens (tertiary/aromatic N) is 1. The lowest BCUT2D eigenvalue weighted by atomic mass is 9.98. The van der Waals surface area contributed by atoms with Crippen molar-refractivity contribution in [1.82, 2.24) is 15.5 Å². The van der Waals surface area contributed by atoms with E-state index in [9.17, 15) is 19.2 Å². The Balaban J connectivity index is 1.37. The van der Waals surface area contributed by atoms with Crippen molar-refractivity contribution in [3.8, 4) is 11.1 Å². The highest BCUT2D eigenvalue weighted by atomic mass is 16.6. The summed E-state index contributed by atoms with van der Waals surface area (Å²) in [4.78, 5) is 51.5. The van der Waals surface area contributed by atoms with Crippen molar-refractivity contribution >= 4 is 24.1 Å². The number of esters is 1. The summed E-state index contributed by atoms with van der Waals surface area (Å²) in [6, 6.07) is 14.1. The second-order valence-electron chi connectivity index (χ2n) is 9.01. The number of carbonyl (C=O) groups is 4. The van der Waals surface area contributed by atoms with E-state index in [0.29, 0.717) is 19.4 Å². The number of alkyl carbamates (subject to hydrolysis) is 1. The summed E-state index contributed by atoms with van der Waals surface area (Å²) >= 11 is 0. The van der Waals surface area contributed by atoms with Gasteiger partial charge in [-0.1, -0.05) is 61.2 Å². The largest absolute Gasteiger partial charge is 0.467 e. The molecule has 10 heteroatoms. The molecule has 1 saturated heterocycles. The zero-order chi connectivity index (χ0) is 27.1. The van der Waals surface area contributed by atoms with E-state index >= 15 is 0 Å². The molecule has 3 amide bonds. The van der Waals surface area contributed by atoms with Crippen LogP contribution < -0.4 is 10.6 Å². The minimum atomic E-state index is -1.16. The number of hydrogen-bond donors (Lipinski definition) is 2. The number of benzene rings is 2. The van der Waals surface area contributed by atoms with E-state index in [4.69, 9.17) is 14.2 Å². The molecule has 0 saturated carbocycles. The van der Waals surface area contributed by atoms with Crippen molar-refractivity contribution in [2.75, 3.05) is 33.4 Å². The fourth-order valence-corrected chi connectivity index (χ4v) is 4.91. The number of rotatable bonds is 9. The summed E-state index contributed by atoms with van der Waals surface area (Å²) in [7, 11) is 1.18. The first kappa shape index (κ1) is 26.7. The maximum Gasteiger partial charge on any atom is 0.410 e. The average Bonchev–Trinajstić information content (AvgIpc) is 3.56. The van der Waals surface area contributed by atoms with E-state index in [-0.39, 0.29) is 25.7 Å². The maximum absolute atomic E-state index is 13.1. The molecule has 2 aliphatic rings. The van der Waals surface area contributed by atoms with Gasteiger partial charge >= 0.3 is 18.2 Å². The Kier molecular flexibility index (Phi) is 8.62. The minimum absolute atomic E-state index is 0.00173. The van der Waals surface area contributed by atoms with Gasteiger partial charge < -0.3 is 24.8 Å². The Labute approximate surface area is 220 Å². The van der Waals surface area contributed by atoms with Crippen molar-refractivity contribution in [3.63, 3.8) is 0 Å². The number of amides is 3. The molecule has 4 rings (SSSR count). The van der Waals surface area contributed by atoms with Crippen LogP contribution in [0.1, 0.15) is 29.9 Å². The van der Waals surface area contributed by atoms with Gasteiger partial charge in [-0.3, -0.25) is 9.69 Å². The Bertz CT molecular complexity index is 1170. The van der Waals surface area contributed by atoms with Crippen LogP contribution in [0.4, 0.5) is 9.59 Å². The highest BCUT2D eigenvalue weighted by molar-refractivity contribution is 5.90. The van der Waals surface area contributed by atoms with Crippen LogP contribution in [0.25, 0.3) is 11.1 Å². The van der Waals surface area contributed by atoms with Crippen molar-refractivity contribution in [2.24, 2.45) is 0 Å². The first-order chi connectivity index (χ1) is 18.4. The van der Waals surface area contributed by atoms with Crippen LogP contribution in [0.15, 0.2) is 61.2 Å². The van der Waals surface area contributed by atoms with Gasteiger partial charge in [-0.2, -0.15) is 0 Å². The molecule has 1 aliphatic carbocycles. The lowest BCUT2D eigenvalue weighted by Crippen LogP contribution is -2.54. The number of likely N-dealkylation sites (tertiary alicyclic amines) is 1. The average molecular weight is 522 g/mol. The zero-order valence-electron chi connectivity index (χ0n) is 21.2. The summed E-state index contributed by atoms with van der Waals surface area (Å²) in [5.41, 5.74) is 4.44. The Morgan fingerprint density at radius 2 is 1.71 bits per heavy atom. The van der Waals surface area contributed by atoms with Gasteiger partial charge in [-0.15, -0.1) is 0 Å². The van der Waals surface area contributed by atoms with Gasteiger partial charge in [0.05, 0.1) is 13.7 Å². The summed E-state index contributed by atoms with van der Waals surface area (Å²) in [6.45, 7) is 3.69. The molecule has 2 atom stereocenters. The molecule has 10 nitrogen and oxygen atoms in total. The Morgan fingerprint density at radius 3 is 2.34 bits per heavy atom. The molecule has 1 heterocycles. The number of ether oxygens (including phenoxy) is 3. The van der Waals surface area contributed by atoms with E-state index in [1.54, 1.807) is 0 Å². The lowest BCUT2D eigenvalue weighted by molar-refractivity contribution is -0.145. The first-order valence-corrected chi connectivity index (χ1v) is 12.5.